The number of benzene rings is 2. The number of esters is 1. The maximum atomic E-state index is 12.4. The molecule has 3 heterocycles. The van der Waals surface area contributed by atoms with Gasteiger partial charge in [0.2, 0.25) is 5.76 Å². The Morgan fingerprint density at radius 2 is 1.60 bits per heavy atom. The number of thiazole rings is 2. The molecule has 180 valence electrons. The number of carbonyl (C=O) groups is 2. The van der Waals surface area contributed by atoms with E-state index in [0.717, 1.165) is 32.9 Å². The predicted molar refractivity (Wildman–Crippen MR) is 135 cm³/mol. The third kappa shape index (κ3) is 4.29. The molecule has 1 unspecified atom stereocenters. The molecule has 13 heteroatoms. The van der Waals surface area contributed by atoms with E-state index in [1.165, 1.54) is 22.7 Å². The molecule has 0 saturated carbocycles. The molecule has 0 aliphatic carbocycles. The van der Waals surface area contributed by atoms with Crippen molar-refractivity contribution in [3.63, 3.8) is 0 Å². The molecule has 5 rings (SSSR count). The summed E-state index contributed by atoms with van der Waals surface area (Å²) in [7, 11) is 3.11. The molecule has 2 N–H and O–H groups in total. The van der Waals surface area contributed by atoms with Crippen LogP contribution < -0.4 is 9.47 Å². The van der Waals surface area contributed by atoms with Gasteiger partial charge in [-0.1, -0.05) is 23.5 Å². The number of carbonyl (C=O) groups excluding carboxylic acids is 1. The lowest BCUT2D eigenvalue weighted by atomic mass is 10.1. The molecule has 35 heavy (non-hydrogen) atoms. The van der Waals surface area contributed by atoms with Crippen LogP contribution in [0.2, 0.25) is 0 Å². The fourth-order valence-corrected chi connectivity index (χ4v) is 7.84. The molecule has 2 aromatic carbocycles. The van der Waals surface area contributed by atoms with Crippen molar-refractivity contribution in [1.82, 2.24) is 9.97 Å². The minimum absolute atomic E-state index is 0.115. The van der Waals surface area contributed by atoms with Crippen molar-refractivity contribution in [1.29, 1.82) is 0 Å². The lowest BCUT2D eigenvalue weighted by Crippen LogP contribution is -2.43. The third-order valence-corrected chi connectivity index (χ3v) is 9.77. The molecule has 9 nitrogen and oxygen atoms in total. The number of aliphatic hydroxyl groups excluding tert-OH is 1. The Morgan fingerprint density at radius 3 is 2.17 bits per heavy atom. The molecule has 0 bridgehead atoms. The first-order valence-corrected chi connectivity index (χ1v) is 13.4. The van der Waals surface area contributed by atoms with Gasteiger partial charge in [-0.15, -0.1) is 22.7 Å². The summed E-state index contributed by atoms with van der Waals surface area (Å²) < 4.78 is 18.5. The Hall–Kier alpha value is -3.00. The third-order valence-electron chi connectivity index (χ3n) is 5.13. The molecule has 1 aliphatic heterocycles. The average Bonchev–Trinajstić information content (AvgIpc) is 3.52. The zero-order valence-corrected chi connectivity index (χ0v) is 21.4. The van der Waals surface area contributed by atoms with E-state index in [2.05, 4.69) is 9.97 Å². The topological polar surface area (TPSA) is 128 Å². The quantitative estimate of drug-likeness (QED) is 0.229. The number of carboxylic acids is 1. The van der Waals surface area contributed by atoms with Crippen molar-refractivity contribution in [3.8, 4) is 11.5 Å². The minimum atomic E-state index is -2.08. The van der Waals surface area contributed by atoms with Crippen LogP contribution in [0.1, 0.15) is 0 Å². The molecule has 4 aromatic rings. The minimum Gasteiger partial charge on any atom is -0.501 e. The second-order valence-electron chi connectivity index (χ2n) is 7.22. The Bertz CT molecular complexity index is 1510. The molecule has 0 amide bonds. The van der Waals surface area contributed by atoms with E-state index >= 15 is 0 Å². The summed E-state index contributed by atoms with van der Waals surface area (Å²) in [4.78, 5) is 33.6. The molecular weight excluding hydrogens is 533 g/mol. The standard InChI is InChI=1S/C22H16N2O7S4/c1-29-10-3-5-14-12(7-10)23-20(33-14)32-9-22(19(27)28)17(16(25)18(26)31-22)35-21-24-13-8-11(30-2)4-6-15(13)34-21/h3-8,25H,9H2,1-2H3,(H,27,28). The highest BCUT2D eigenvalue weighted by Gasteiger charge is 2.55. The summed E-state index contributed by atoms with van der Waals surface area (Å²) in [6, 6.07) is 10.8. The Kier molecular flexibility index (Phi) is 6.25. The number of cyclic esters (lactones) is 1. The first kappa shape index (κ1) is 23.7. The Morgan fingerprint density at radius 1 is 1.03 bits per heavy atom. The fraction of sp³-hybridized carbons (Fsp3) is 0.182. The van der Waals surface area contributed by atoms with Crippen LogP contribution in [0.25, 0.3) is 20.4 Å². The first-order valence-electron chi connectivity index (χ1n) is 9.93. The van der Waals surface area contributed by atoms with Crippen LogP contribution in [0.5, 0.6) is 11.5 Å². The van der Waals surface area contributed by atoms with Gasteiger partial charge in [0.25, 0.3) is 5.60 Å². The van der Waals surface area contributed by atoms with E-state index in [1.54, 1.807) is 32.4 Å². The second-order valence-corrected chi connectivity index (χ2v) is 11.8. The van der Waals surface area contributed by atoms with Gasteiger partial charge in [0, 0.05) is 12.1 Å². The van der Waals surface area contributed by atoms with Gasteiger partial charge in [-0.05, 0) is 24.3 Å². The van der Waals surface area contributed by atoms with Crippen LogP contribution in [0.4, 0.5) is 0 Å². The van der Waals surface area contributed by atoms with Gasteiger partial charge in [-0.2, -0.15) is 0 Å². The molecule has 0 radical (unpaired) electrons. The predicted octanol–water partition coefficient (Wildman–Crippen LogP) is 4.96. The largest absolute Gasteiger partial charge is 0.501 e. The number of methoxy groups -OCH3 is 2. The smallest absolute Gasteiger partial charge is 0.375 e. The summed E-state index contributed by atoms with van der Waals surface area (Å²) in [6.07, 6.45) is 0. The van der Waals surface area contributed by atoms with Crippen LogP contribution in [-0.2, 0) is 14.3 Å². The number of hydrogen-bond acceptors (Lipinski definition) is 12. The van der Waals surface area contributed by atoms with Crippen molar-refractivity contribution in [2.75, 3.05) is 20.0 Å². The van der Waals surface area contributed by atoms with E-state index < -0.39 is 23.3 Å². The molecule has 1 aliphatic rings. The van der Waals surface area contributed by atoms with Crippen molar-refractivity contribution in [2.45, 2.75) is 14.3 Å². The van der Waals surface area contributed by atoms with Gasteiger partial charge in [0.15, 0.2) is 8.68 Å². The number of aliphatic hydroxyl groups is 1. The number of rotatable bonds is 8. The van der Waals surface area contributed by atoms with Crippen molar-refractivity contribution >= 4 is 78.6 Å². The maximum Gasteiger partial charge on any atom is 0.375 e. The van der Waals surface area contributed by atoms with E-state index in [1.807, 2.05) is 18.2 Å². The SMILES string of the molecule is COc1ccc2sc(SCC3(C(=O)O)OC(=O)C(O)=C3Sc3nc4cc(OC)ccc4s3)nc2c1. The van der Waals surface area contributed by atoms with Crippen molar-refractivity contribution < 1.29 is 34.0 Å². The highest BCUT2D eigenvalue weighted by Crippen LogP contribution is 2.48. The monoisotopic (exact) mass is 548 g/mol. The average molecular weight is 549 g/mol. The molecule has 1 atom stereocenters. The van der Waals surface area contributed by atoms with Gasteiger partial charge in [0.05, 0.1) is 45.3 Å². The summed E-state index contributed by atoms with van der Waals surface area (Å²) in [6.45, 7) is 0. The number of fused-ring (bicyclic) bond motifs is 2. The summed E-state index contributed by atoms with van der Waals surface area (Å²) in [5.41, 5.74) is -0.716. The number of hydrogen-bond donors (Lipinski definition) is 2. The number of nitrogens with zero attached hydrogens (tertiary/aromatic N) is 2. The van der Waals surface area contributed by atoms with Crippen LogP contribution >= 0.6 is 46.2 Å². The van der Waals surface area contributed by atoms with Crippen molar-refractivity contribution in [2.24, 2.45) is 0 Å². The number of carboxylic acid groups (broad SMARTS) is 1. The fourth-order valence-electron chi connectivity index (χ4n) is 3.35. The lowest BCUT2D eigenvalue weighted by Gasteiger charge is -2.24. The first-order chi connectivity index (χ1) is 16.8. The summed E-state index contributed by atoms with van der Waals surface area (Å²) >= 11 is 4.72. The summed E-state index contributed by atoms with van der Waals surface area (Å²) in [5, 5.41) is 20.6. The number of aromatic nitrogens is 2. The van der Waals surface area contributed by atoms with Gasteiger partial charge in [-0.25, -0.2) is 19.6 Å². The van der Waals surface area contributed by atoms with E-state index in [0.29, 0.717) is 31.2 Å². The van der Waals surface area contributed by atoms with E-state index in [-0.39, 0.29) is 10.7 Å². The van der Waals surface area contributed by atoms with Crippen LogP contribution in [0, 0.1) is 0 Å². The zero-order valence-electron chi connectivity index (χ0n) is 18.1. The van der Waals surface area contributed by atoms with E-state index in [9.17, 15) is 19.8 Å². The van der Waals surface area contributed by atoms with Gasteiger partial charge < -0.3 is 24.4 Å². The van der Waals surface area contributed by atoms with Gasteiger partial charge >= 0.3 is 11.9 Å². The van der Waals surface area contributed by atoms with Crippen molar-refractivity contribution in [3.05, 3.63) is 47.1 Å². The highest BCUT2D eigenvalue weighted by atomic mass is 32.2. The zero-order chi connectivity index (χ0) is 24.7. The van der Waals surface area contributed by atoms with Crippen LogP contribution in [-0.4, -0.2) is 57.7 Å². The van der Waals surface area contributed by atoms with Crippen LogP contribution in [0.15, 0.2) is 55.7 Å². The Balaban J connectivity index is 1.45. The number of thioether (sulfide) groups is 2. The molecular formula is C22H16N2O7S4. The Labute approximate surface area is 214 Å². The van der Waals surface area contributed by atoms with Crippen LogP contribution in [0.3, 0.4) is 0 Å². The van der Waals surface area contributed by atoms with Gasteiger partial charge in [0.1, 0.15) is 11.5 Å². The number of aliphatic carboxylic acids is 1. The lowest BCUT2D eigenvalue weighted by molar-refractivity contribution is -0.165. The molecule has 2 aromatic heterocycles. The molecule has 0 fully saturated rings. The highest BCUT2D eigenvalue weighted by molar-refractivity contribution is 8.05. The molecule has 0 spiro atoms. The summed E-state index contributed by atoms with van der Waals surface area (Å²) in [5.74, 6) is -2.11. The second kappa shape index (κ2) is 9.22. The van der Waals surface area contributed by atoms with E-state index in [4.69, 9.17) is 14.2 Å². The normalized spacial score (nSPS) is 17.8. The number of ether oxygens (including phenoxy) is 3. The maximum absolute atomic E-state index is 12.4. The van der Waals surface area contributed by atoms with Gasteiger partial charge in [-0.3, -0.25) is 0 Å². The molecule has 0 saturated heterocycles.